The lowest BCUT2D eigenvalue weighted by Gasteiger charge is -2.11. The van der Waals surface area contributed by atoms with Crippen LogP contribution in [0.2, 0.25) is 0 Å². The fourth-order valence-corrected chi connectivity index (χ4v) is 2.77. The Kier molecular flexibility index (Phi) is 3.75. The van der Waals surface area contributed by atoms with Crippen molar-refractivity contribution in [1.29, 1.82) is 0 Å². The summed E-state index contributed by atoms with van der Waals surface area (Å²) in [7, 11) is 0. The number of thiazole rings is 1. The molecule has 0 spiro atoms. The average molecular weight is 267 g/mol. The molecule has 0 aliphatic rings. The molecule has 0 saturated carbocycles. The molecule has 0 aliphatic carbocycles. The summed E-state index contributed by atoms with van der Waals surface area (Å²) in [6.45, 7) is 1.97. The van der Waals surface area contributed by atoms with Gasteiger partial charge in [-0.15, -0.1) is 22.7 Å². The number of amides is 1. The second-order valence-electron chi connectivity index (χ2n) is 3.66. The summed E-state index contributed by atoms with van der Waals surface area (Å²) in [5.74, 6) is -0.0313. The molecule has 3 N–H and O–H groups in total. The van der Waals surface area contributed by atoms with Crippen LogP contribution < -0.4 is 11.1 Å². The van der Waals surface area contributed by atoms with Crippen LogP contribution in [0, 0.1) is 0 Å². The van der Waals surface area contributed by atoms with E-state index in [1.54, 1.807) is 11.3 Å². The third kappa shape index (κ3) is 3.28. The minimum Gasteiger partial charge on any atom is -0.375 e. The second kappa shape index (κ2) is 5.29. The quantitative estimate of drug-likeness (QED) is 0.892. The van der Waals surface area contributed by atoms with Crippen molar-refractivity contribution in [1.82, 2.24) is 10.3 Å². The first kappa shape index (κ1) is 12.1. The zero-order valence-electron chi connectivity index (χ0n) is 9.34. The maximum atomic E-state index is 11.7. The van der Waals surface area contributed by atoms with Crippen LogP contribution in [0.3, 0.4) is 0 Å². The molecule has 0 aromatic carbocycles. The molecule has 0 bridgehead atoms. The zero-order valence-corrected chi connectivity index (χ0v) is 11.0. The average Bonchev–Trinajstić information content (AvgIpc) is 2.89. The first-order valence-corrected chi connectivity index (χ1v) is 6.93. The molecule has 2 heterocycles. The topological polar surface area (TPSA) is 68.0 Å². The van der Waals surface area contributed by atoms with Crippen molar-refractivity contribution in [3.8, 4) is 0 Å². The maximum Gasteiger partial charge on any atom is 0.226 e. The minimum absolute atomic E-state index is 0.0313. The van der Waals surface area contributed by atoms with Gasteiger partial charge in [0, 0.05) is 10.3 Å². The van der Waals surface area contributed by atoms with Crippen LogP contribution in [0.15, 0.2) is 22.9 Å². The first-order valence-electron chi connectivity index (χ1n) is 5.18. The monoisotopic (exact) mass is 267 g/mol. The molecule has 0 radical (unpaired) electrons. The molecule has 4 nitrogen and oxygen atoms in total. The normalized spacial score (nSPS) is 12.3. The van der Waals surface area contributed by atoms with E-state index in [0.29, 0.717) is 5.13 Å². The largest absolute Gasteiger partial charge is 0.375 e. The van der Waals surface area contributed by atoms with Crippen LogP contribution in [0.4, 0.5) is 5.13 Å². The van der Waals surface area contributed by atoms with Gasteiger partial charge in [0.1, 0.15) is 0 Å². The van der Waals surface area contributed by atoms with E-state index in [4.69, 9.17) is 5.73 Å². The highest BCUT2D eigenvalue weighted by molar-refractivity contribution is 7.13. The number of anilines is 1. The van der Waals surface area contributed by atoms with Crippen molar-refractivity contribution in [2.45, 2.75) is 19.4 Å². The van der Waals surface area contributed by atoms with E-state index in [1.807, 2.05) is 29.8 Å². The van der Waals surface area contributed by atoms with Crippen molar-refractivity contribution in [3.05, 3.63) is 33.5 Å². The molecule has 2 aromatic heterocycles. The number of carbonyl (C=O) groups is 1. The van der Waals surface area contributed by atoms with Gasteiger partial charge in [-0.05, 0) is 18.4 Å². The van der Waals surface area contributed by atoms with Gasteiger partial charge < -0.3 is 11.1 Å². The van der Waals surface area contributed by atoms with Crippen molar-refractivity contribution >= 4 is 33.7 Å². The molecule has 17 heavy (non-hydrogen) atoms. The number of nitrogen functional groups attached to an aromatic ring is 1. The lowest BCUT2D eigenvalue weighted by molar-refractivity contribution is -0.121. The number of hydrogen-bond donors (Lipinski definition) is 2. The standard InChI is InChI=1S/C11H13N3OS2/c1-7(9-3-2-4-16-9)13-10(15)5-8-6-17-11(12)14-8/h2-4,6-7H,5H2,1H3,(H2,12,14)(H,13,15)/t7-/m1/s1. The Morgan fingerprint density at radius 1 is 1.59 bits per heavy atom. The summed E-state index contributed by atoms with van der Waals surface area (Å²) in [4.78, 5) is 17.0. The molecular formula is C11H13N3OS2. The fourth-order valence-electron chi connectivity index (χ4n) is 1.47. The molecular weight excluding hydrogens is 254 g/mol. The number of nitrogens with one attached hydrogen (secondary N) is 1. The summed E-state index contributed by atoms with van der Waals surface area (Å²) in [5, 5.41) is 7.24. The van der Waals surface area contributed by atoms with Crippen LogP contribution >= 0.6 is 22.7 Å². The number of rotatable bonds is 4. The van der Waals surface area contributed by atoms with Gasteiger partial charge >= 0.3 is 0 Å². The maximum absolute atomic E-state index is 11.7. The fraction of sp³-hybridized carbons (Fsp3) is 0.273. The van der Waals surface area contributed by atoms with Crippen molar-refractivity contribution < 1.29 is 4.79 Å². The SMILES string of the molecule is C[C@@H](NC(=O)Cc1csc(N)n1)c1cccs1. The smallest absolute Gasteiger partial charge is 0.226 e. The molecule has 0 saturated heterocycles. The van der Waals surface area contributed by atoms with Crippen LogP contribution in [-0.2, 0) is 11.2 Å². The van der Waals surface area contributed by atoms with Gasteiger partial charge in [0.05, 0.1) is 18.2 Å². The van der Waals surface area contributed by atoms with Crippen molar-refractivity contribution in [2.75, 3.05) is 5.73 Å². The lowest BCUT2D eigenvalue weighted by Crippen LogP contribution is -2.27. The van der Waals surface area contributed by atoms with E-state index in [0.717, 1.165) is 10.6 Å². The van der Waals surface area contributed by atoms with Crippen LogP contribution in [0.5, 0.6) is 0 Å². The number of aromatic nitrogens is 1. The highest BCUT2D eigenvalue weighted by Crippen LogP contribution is 2.18. The van der Waals surface area contributed by atoms with Crippen LogP contribution in [0.1, 0.15) is 23.5 Å². The van der Waals surface area contributed by atoms with E-state index in [-0.39, 0.29) is 18.4 Å². The highest BCUT2D eigenvalue weighted by atomic mass is 32.1. The van der Waals surface area contributed by atoms with Gasteiger partial charge in [0.25, 0.3) is 0 Å². The lowest BCUT2D eigenvalue weighted by atomic mass is 10.2. The van der Waals surface area contributed by atoms with E-state index < -0.39 is 0 Å². The summed E-state index contributed by atoms with van der Waals surface area (Å²) in [6, 6.07) is 4.03. The number of nitrogens with two attached hydrogens (primary N) is 1. The molecule has 1 amide bonds. The second-order valence-corrected chi connectivity index (χ2v) is 5.53. The predicted octanol–water partition coefficient (Wildman–Crippen LogP) is 2.21. The van der Waals surface area contributed by atoms with E-state index in [9.17, 15) is 4.79 Å². The Hall–Kier alpha value is -1.40. The molecule has 6 heteroatoms. The summed E-state index contributed by atoms with van der Waals surface area (Å²) < 4.78 is 0. The molecule has 0 aliphatic heterocycles. The number of nitrogens with zero attached hydrogens (tertiary/aromatic N) is 1. The van der Waals surface area contributed by atoms with Gasteiger partial charge in [-0.1, -0.05) is 6.07 Å². The Morgan fingerprint density at radius 3 is 3.00 bits per heavy atom. The third-order valence-electron chi connectivity index (χ3n) is 2.26. The first-order chi connectivity index (χ1) is 8.15. The third-order valence-corrected chi connectivity index (χ3v) is 4.04. The highest BCUT2D eigenvalue weighted by Gasteiger charge is 2.11. The Balaban J connectivity index is 1.89. The van der Waals surface area contributed by atoms with Crippen molar-refractivity contribution in [2.24, 2.45) is 0 Å². The number of hydrogen-bond acceptors (Lipinski definition) is 5. The summed E-state index contributed by atoms with van der Waals surface area (Å²) >= 11 is 2.99. The van der Waals surface area contributed by atoms with Crippen molar-refractivity contribution in [3.63, 3.8) is 0 Å². The Morgan fingerprint density at radius 2 is 2.41 bits per heavy atom. The summed E-state index contributed by atoms with van der Waals surface area (Å²) in [6.07, 6.45) is 0.281. The van der Waals surface area contributed by atoms with Crippen LogP contribution in [0.25, 0.3) is 0 Å². The van der Waals surface area contributed by atoms with Gasteiger partial charge in [-0.2, -0.15) is 0 Å². The Labute approximate surface area is 107 Å². The molecule has 90 valence electrons. The molecule has 2 rings (SSSR count). The number of thiophene rings is 1. The molecule has 0 fully saturated rings. The number of carbonyl (C=O) groups excluding carboxylic acids is 1. The molecule has 0 unspecified atom stereocenters. The van der Waals surface area contributed by atoms with Gasteiger partial charge in [-0.3, -0.25) is 4.79 Å². The van der Waals surface area contributed by atoms with Gasteiger partial charge in [0.2, 0.25) is 5.91 Å². The molecule has 2 aromatic rings. The zero-order chi connectivity index (χ0) is 12.3. The molecule has 1 atom stereocenters. The minimum atomic E-state index is -0.0313. The van der Waals surface area contributed by atoms with E-state index >= 15 is 0 Å². The summed E-state index contributed by atoms with van der Waals surface area (Å²) in [5.41, 5.74) is 6.24. The van der Waals surface area contributed by atoms with E-state index in [1.165, 1.54) is 11.3 Å². The van der Waals surface area contributed by atoms with Gasteiger partial charge in [-0.25, -0.2) is 4.98 Å². The predicted molar refractivity (Wildman–Crippen MR) is 71.1 cm³/mol. The van der Waals surface area contributed by atoms with Gasteiger partial charge in [0.15, 0.2) is 5.13 Å². The van der Waals surface area contributed by atoms with E-state index in [2.05, 4.69) is 10.3 Å². The Bertz CT molecular complexity index is 493. The van der Waals surface area contributed by atoms with Crippen LogP contribution in [-0.4, -0.2) is 10.9 Å².